The second-order valence-electron chi connectivity index (χ2n) is 7.92. The first-order valence-corrected chi connectivity index (χ1v) is 10.4. The smallest absolute Gasteiger partial charge is 0.161 e. The molecule has 2 atom stereocenters. The molecule has 0 bridgehead atoms. The maximum atomic E-state index is 13.2. The van der Waals surface area contributed by atoms with Crippen LogP contribution in [0.4, 0.5) is 0 Å². The van der Waals surface area contributed by atoms with Gasteiger partial charge in [0.15, 0.2) is 11.5 Å². The number of aliphatic imine (C=N–C) groups is 1. The molecule has 1 aliphatic carbocycles. The van der Waals surface area contributed by atoms with E-state index >= 15 is 0 Å². The van der Waals surface area contributed by atoms with Crippen molar-refractivity contribution in [3.8, 4) is 17.6 Å². The molecule has 1 saturated carbocycles. The summed E-state index contributed by atoms with van der Waals surface area (Å²) in [5, 5.41) is 10.7. The maximum Gasteiger partial charge on any atom is 0.161 e. The van der Waals surface area contributed by atoms with Gasteiger partial charge in [-0.25, -0.2) is 4.99 Å². The second kappa shape index (κ2) is 8.00. The third kappa shape index (κ3) is 3.68. The minimum absolute atomic E-state index is 0.110. The molecule has 0 amide bonds. The number of fused-ring (bicyclic) bond motifs is 1. The van der Waals surface area contributed by atoms with Crippen LogP contribution in [0.1, 0.15) is 45.1 Å². The average molecular weight is 399 g/mol. The number of hydrogen-bond acceptors (Lipinski definition) is 6. The molecule has 2 aliphatic rings. The van der Waals surface area contributed by atoms with Crippen molar-refractivity contribution in [2.75, 3.05) is 20.0 Å². The molecule has 0 spiro atoms. The summed E-state index contributed by atoms with van der Waals surface area (Å²) in [6.45, 7) is 6.25. The van der Waals surface area contributed by atoms with Gasteiger partial charge in [0.1, 0.15) is 10.8 Å². The third-order valence-electron chi connectivity index (χ3n) is 5.31. The highest BCUT2D eigenvalue weighted by Gasteiger charge is 2.46. The van der Waals surface area contributed by atoms with Crippen molar-refractivity contribution in [1.29, 1.82) is 5.26 Å². The fourth-order valence-corrected chi connectivity index (χ4v) is 4.96. The molecule has 1 aromatic rings. The molecule has 3 rings (SSSR count). The summed E-state index contributed by atoms with van der Waals surface area (Å²) >= 11 is 1.56. The molecule has 148 valence electrons. The molecule has 1 aliphatic heterocycles. The Hall–Kier alpha value is -2.26. The summed E-state index contributed by atoms with van der Waals surface area (Å²) in [7, 11) is 3.18. The molecule has 0 N–H and O–H groups in total. The zero-order valence-electron chi connectivity index (χ0n) is 17.0. The molecule has 1 unspecified atom stereocenters. The molecule has 1 aromatic carbocycles. The number of Topliss-reactive ketones (excluding diaryl/α,β-unsaturated/α-hetero) is 1. The number of ketones is 1. The van der Waals surface area contributed by atoms with E-state index in [-0.39, 0.29) is 23.0 Å². The molecule has 0 aromatic heterocycles. The fourth-order valence-electron chi connectivity index (χ4n) is 4.18. The van der Waals surface area contributed by atoms with Gasteiger partial charge in [-0.1, -0.05) is 26.8 Å². The molecule has 28 heavy (non-hydrogen) atoms. The van der Waals surface area contributed by atoms with Crippen molar-refractivity contribution in [3.63, 3.8) is 0 Å². The van der Waals surface area contributed by atoms with Gasteiger partial charge in [0.25, 0.3) is 0 Å². The van der Waals surface area contributed by atoms with Crippen LogP contribution in [0.5, 0.6) is 11.5 Å². The summed E-state index contributed by atoms with van der Waals surface area (Å²) in [4.78, 5) is 18.0. The van der Waals surface area contributed by atoms with Crippen molar-refractivity contribution in [2.45, 2.75) is 39.5 Å². The van der Waals surface area contributed by atoms with Gasteiger partial charge in [-0.2, -0.15) is 5.26 Å². The van der Waals surface area contributed by atoms with Crippen molar-refractivity contribution < 1.29 is 14.3 Å². The predicted octanol–water partition coefficient (Wildman–Crippen LogP) is 4.74. The minimum atomic E-state index is -0.387. The summed E-state index contributed by atoms with van der Waals surface area (Å²) in [5.41, 5.74) is 2.24. The van der Waals surface area contributed by atoms with E-state index in [2.05, 4.69) is 19.9 Å². The fraction of sp³-hybridized carbons (Fsp3) is 0.500. The number of benzene rings is 1. The van der Waals surface area contributed by atoms with Gasteiger partial charge in [-0.15, -0.1) is 11.8 Å². The first-order valence-electron chi connectivity index (χ1n) is 9.44. The lowest BCUT2D eigenvalue weighted by molar-refractivity contribution is -0.124. The molecule has 1 fully saturated rings. The number of carbonyl (C=O) groups excluding carboxylic acids is 1. The minimum Gasteiger partial charge on any atom is -0.493 e. The standard InChI is InChI=1S/C22H26N2O3S/c1-6-28-21-14(12-23)19(13-7-8-17(26-4)18(9-13)27-5)20-15(24-21)10-22(2,3)11-16(20)25/h7-9,19-20H,6,10-11H2,1-5H3/t19-,20?/m1/s1. The first kappa shape index (κ1) is 20.5. The van der Waals surface area contributed by atoms with Crippen molar-refractivity contribution in [1.82, 2.24) is 0 Å². The Kier molecular flexibility index (Phi) is 5.85. The molecule has 6 heteroatoms. The topological polar surface area (TPSA) is 71.7 Å². The Morgan fingerprint density at radius 1 is 1.21 bits per heavy atom. The van der Waals surface area contributed by atoms with Gasteiger partial charge in [0, 0.05) is 18.1 Å². The third-order valence-corrected chi connectivity index (χ3v) is 6.18. The maximum absolute atomic E-state index is 13.2. The predicted molar refractivity (Wildman–Crippen MR) is 112 cm³/mol. The molecular weight excluding hydrogens is 372 g/mol. The zero-order valence-corrected chi connectivity index (χ0v) is 17.9. The summed E-state index contributed by atoms with van der Waals surface area (Å²) in [5.74, 6) is 1.46. The number of nitrogens with zero attached hydrogens (tertiary/aromatic N) is 2. The lowest BCUT2D eigenvalue weighted by atomic mass is 9.64. The Balaban J connectivity index is 2.18. The largest absolute Gasteiger partial charge is 0.493 e. The molecule has 5 nitrogen and oxygen atoms in total. The van der Waals surface area contributed by atoms with E-state index in [0.717, 1.165) is 28.5 Å². The lowest BCUT2D eigenvalue weighted by Gasteiger charge is -2.40. The molecular formula is C22H26N2O3S. The Labute approximate surface area is 170 Å². The van der Waals surface area contributed by atoms with E-state index in [0.29, 0.717) is 23.5 Å². The van der Waals surface area contributed by atoms with Crippen molar-refractivity contribution >= 4 is 23.3 Å². The van der Waals surface area contributed by atoms with Crippen LogP contribution in [0, 0.1) is 22.7 Å². The average Bonchev–Trinajstić information content (AvgIpc) is 2.65. The number of hydrogen-bond donors (Lipinski definition) is 0. The quantitative estimate of drug-likeness (QED) is 0.717. The summed E-state index contributed by atoms with van der Waals surface area (Å²) in [6.07, 6.45) is 1.26. The van der Waals surface area contributed by atoms with Gasteiger partial charge >= 0.3 is 0 Å². The molecule has 0 saturated heterocycles. The van der Waals surface area contributed by atoms with Gasteiger partial charge in [-0.3, -0.25) is 4.79 Å². The summed E-state index contributed by atoms with van der Waals surface area (Å²) in [6, 6.07) is 7.99. The number of allylic oxidation sites excluding steroid dienone is 1. The zero-order chi connectivity index (χ0) is 20.5. The van der Waals surface area contributed by atoms with Crippen LogP contribution < -0.4 is 9.47 Å². The molecule has 1 heterocycles. The van der Waals surface area contributed by atoms with E-state index in [4.69, 9.17) is 14.5 Å². The van der Waals surface area contributed by atoms with Gasteiger partial charge < -0.3 is 9.47 Å². The van der Waals surface area contributed by atoms with E-state index in [9.17, 15) is 10.1 Å². The number of nitriles is 1. The van der Waals surface area contributed by atoms with Crippen molar-refractivity contribution in [3.05, 3.63) is 34.4 Å². The second-order valence-corrected chi connectivity index (χ2v) is 9.17. The highest BCUT2D eigenvalue weighted by molar-refractivity contribution is 8.03. The van der Waals surface area contributed by atoms with Gasteiger partial charge in [0.05, 0.1) is 31.8 Å². The van der Waals surface area contributed by atoms with E-state index in [1.54, 1.807) is 26.0 Å². The van der Waals surface area contributed by atoms with Gasteiger partial charge in [0.2, 0.25) is 0 Å². The monoisotopic (exact) mass is 398 g/mol. The number of ether oxygens (including phenoxy) is 2. The normalized spacial score (nSPS) is 23.6. The lowest BCUT2D eigenvalue weighted by Crippen LogP contribution is -2.42. The van der Waals surface area contributed by atoms with E-state index < -0.39 is 0 Å². The van der Waals surface area contributed by atoms with Crippen LogP contribution in [-0.4, -0.2) is 31.5 Å². The Bertz CT molecular complexity index is 896. The highest BCUT2D eigenvalue weighted by Crippen LogP contribution is 2.49. The van der Waals surface area contributed by atoms with Crippen LogP contribution in [0.15, 0.2) is 33.8 Å². The number of carbonyl (C=O) groups is 1. The number of rotatable bonds is 5. The SMILES string of the molecule is CCSC1=C(C#N)[C@@H](c2ccc(OC)c(OC)c2)C2C(=O)CC(C)(C)CC2=N1. The number of thioether (sulfide) groups is 1. The Morgan fingerprint density at radius 3 is 2.54 bits per heavy atom. The first-order chi connectivity index (χ1) is 13.3. The highest BCUT2D eigenvalue weighted by atomic mass is 32.2. The van der Waals surface area contributed by atoms with Crippen LogP contribution in [0.25, 0.3) is 0 Å². The van der Waals surface area contributed by atoms with Crippen LogP contribution in [0.2, 0.25) is 0 Å². The molecule has 0 radical (unpaired) electrons. The Morgan fingerprint density at radius 2 is 1.93 bits per heavy atom. The van der Waals surface area contributed by atoms with E-state index in [1.807, 2.05) is 25.1 Å². The van der Waals surface area contributed by atoms with Crippen LogP contribution in [-0.2, 0) is 4.79 Å². The van der Waals surface area contributed by atoms with Crippen LogP contribution in [0.3, 0.4) is 0 Å². The van der Waals surface area contributed by atoms with Gasteiger partial charge in [-0.05, 0) is 35.3 Å². The summed E-state index contributed by atoms with van der Waals surface area (Å²) < 4.78 is 10.8. The van der Waals surface area contributed by atoms with E-state index in [1.165, 1.54) is 0 Å². The van der Waals surface area contributed by atoms with Crippen molar-refractivity contribution in [2.24, 2.45) is 16.3 Å². The van der Waals surface area contributed by atoms with Crippen LogP contribution >= 0.6 is 11.8 Å². The number of methoxy groups -OCH3 is 2.